The third-order valence-electron chi connectivity index (χ3n) is 5.88. The van der Waals surface area contributed by atoms with Crippen molar-refractivity contribution < 1.29 is 13.6 Å². The van der Waals surface area contributed by atoms with Gasteiger partial charge in [0.05, 0.1) is 40.9 Å². The average Bonchev–Trinajstić information content (AvgIpc) is 3.29. The number of benzene rings is 2. The van der Waals surface area contributed by atoms with Gasteiger partial charge in [0.1, 0.15) is 5.82 Å². The van der Waals surface area contributed by atoms with E-state index in [1.54, 1.807) is 24.7 Å². The molecule has 8 nitrogen and oxygen atoms in total. The fourth-order valence-electron chi connectivity index (χ4n) is 4.06. The number of carbonyl (C=O) groups is 1. The van der Waals surface area contributed by atoms with E-state index in [9.17, 15) is 13.6 Å². The molecular weight excluding hydrogens is 428 g/mol. The zero-order chi connectivity index (χ0) is 22.9. The molecule has 0 aliphatic carbocycles. The van der Waals surface area contributed by atoms with E-state index >= 15 is 0 Å². The first-order chi connectivity index (χ1) is 16.0. The Hall–Kier alpha value is -3.95. The lowest BCUT2D eigenvalue weighted by Gasteiger charge is -2.27. The van der Waals surface area contributed by atoms with E-state index in [1.165, 1.54) is 4.80 Å². The molecule has 10 heteroatoms. The lowest BCUT2D eigenvalue weighted by molar-refractivity contribution is 0.0705. The summed E-state index contributed by atoms with van der Waals surface area (Å²) in [6, 6.07) is 9.34. The fraction of sp³-hybridized carbons (Fsp3) is 0.261. The number of halogens is 2. The van der Waals surface area contributed by atoms with Gasteiger partial charge in [0.25, 0.3) is 5.91 Å². The summed E-state index contributed by atoms with van der Waals surface area (Å²) in [5.74, 6) is -1.44. The molecule has 1 amide bonds. The predicted octanol–water partition coefficient (Wildman–Crippen LogP) is 3.23. The highest BCUT2D eigenvalue weighted by molar-refractivity contribution is 5.98. The van der Waals surface area contributed by atoms with Gasteiger partial charge in [-0.15, -0.1) is 0 Å². The number of nitrogens with zero attached hydrogens (tertiary/aromatic N) is 7. The predicted molar refractivity (Wildman–Crippen MR) is 118 cm³/mol. The fourth-order valence-corrected chi connectivity index (χ4v) is 4.06. The maximum Gasteiger partial charge on any atom is 0.256 e. The minimum absolute atomic E-state index is 0.0129. The molecule has 2 aromatic carbocycles. The van der Waals surface area contributed by atoms with Gasteiger partial charge < -0.3 is 9.80 Å². The number of aromatic nitrogens is 5. The second-order valence-electron chi connectivity index (χ2n) is 7.94. The van der Waals surface area contributed by atoms with Gasteiger partial charge in [0.15, 0.2) is 11.6 Å². The lowest BCUT2D eigenvalue weighted by Crippen LogP contribution is -2.40. The van der Waals surface area contributed by atoms with E-state index in [2.05, 4.69) is 20.2 Å². The summed E-state index contributed by atoms with van der Waals surface area (Å²) in [5.41, 5.74) is 1.73. The minimum Gasteiger partial charge on any atom is -0.353 e. The van der Waals surface area contributed by atoms with E-state index in [4.69, 9.17) is 0 Å². The molecule has 1 fully saturated rings. The van der Waals surface area contributed by atoms with E-state index in [1.807, 2.05) is 34.9 Å². The highest BCUT2D eigenvalue weighted by Gasteiger charge is 2.28. The Morgan fingerprint density at radius 1 is 1.00 bits per heavy atom. The first kappa shape index (κ1) is 20.9. The van der Waals surface area contributed by atoms with Crippen LogP contribution in [0.1, 0.15) is 23.7 Å². The molecule has 0 radical (unpaired) electrons. The summed E-state index contributed by atoms with van der Waals surface area (Å²) in [6.07, 6.45) is 5.41. The maximum atomic E-state index is 13.7. The second-order valence-corrected chi connectivity index (χ2v) is 7.94. The summed E-state index contributed by atoms with van der Waals surface area (Å²) in [4.78, 5) is 27.5. The van der Waals surface area contributed by atoms with Gasteiger partial charge in [-0.3, -0.25) is 9.78 Å². The first-order valence-corrected chi connectivity index (χ1v) is 10.6. The molecule has 1 aliphatic heterocycles. The largest absolute Gasteiger partial charge is 0.353 e. The molecule has 0 bridgehead atoms. The molecule has 168 valence electrons. The Bertz CT molecular complexity index is 1310. The van der Waals surface area contributed by atoms with Crippen LogP contribution in [-0.2, 0) is 0 Å². The molecule has 1 atom stereocenters. The van der Waals surface area contributed by atoms with Gasteiger partial charge in [-0.2, -0.15) is 15.0 Å². The molecular formula is C23H21F2N7O. The zero-order valence-electron chi connectivity index (χ0n) is 17.9. The number of hydrogen-bond donors (Lipinski definition) is 0. The summed E-state index contributed by atoms with van der Waals surface area (Å²) in [7, 11) is 0. The van der Waals surface area contributed by atoms with Gasteiger partial charge in [0, 0.05) is 37.8 Å². The maximum absolute atomic E-state index is 13.7. The summed E-state index contributed by atoms with van der Waals surface area (Å²) in [6.45, 7) is 3.66. The Balaban J connectivity index is 1.39. The molecule has 1 saturated heterocycles. The Kier molecular flexibility index (Phi) is 5.41. The normalized spacial score (nSPS) is 16.8. The van der Waals surface area contributed by atoms with Crippen molar-refractivity contribution in [1.29, 1.82) is 0 Å². The minimum atomic E-state index is -0.958. The van der Waals surface area contributed by atoms with E-state index in [-0.39, 0.29) is 17.5 Å². The second kappa shape index (κ2) is 8.53. The molecule has 4 aromatic rings. The molecule has 0 saturated carbocycles. The molecule has 0 spiro atoms. The summed E-state index contributed by atoms with van der Waals surface area (Å²) >= 11 is 0. The van der Waals surface area contributed by atoms with Gasteiger partial charge in [-0.25, -0.2) is 13.8 Å². The number of rotatable bonds is 3. The van der Waals surface area contributed by atoms with Crippen molar-refractivity contribution in [2.24, 2.45) is 0 Å². The van der Waals surface area contributed by atoms with E-state index < -0.39 is 11.6 Å². The monoisotopic (exact) mass is 449 g/mol. The van der Waals surface area contributed by atoms with Crippen molar-refractivity contribution in [3.05, 3.63) is 72.2 Å². The smallest absolute Gasteiger partial charge is 0.256 e. The Morgan fingerprint density at radius 3 is 2.52 bits per heavy atom. The lowest BCUT2D eigenvalue weighted by atomic mass is 10.1. The quantitative estimate of drug-likeness (QED) is 0.478. The SMILES string of the molecule is C[C@@H]1CCN(c2cnc3cc(F)c(F)cc3n2)CCN1C(=O)c1ccccc1-n1nccn1. The molecule has 5 rings (SSSR count). The van der Waals surface area contributed by atoms with Crippen LogP contribution in [0.4, 0.5) is 14.6 Å². The summed E-state index contributed by atoms with van der Waals surface area (Å²) in [5, 5.41) is 8.32. The molecule has 3 heterocycles. The zero-order valence-corrected chi connectivity index (χ0v) is 17.9. The molecule has 0 N–H and O–H groups in total. The van der Waals surface area contributed by atoms with Crippen LogP contribution < -0.4 is 4.90 Å². The number of amides is 1. The van der Waals surface area contributed by atoms with Crippen LogP contribution >= 0.6 is 0 Å². The van der Waals surface area contributed by atoms with E-state index in [0.29, 0.717) is 48.6 Å². The van der Waals surface area contributed by atoms with Gasteiger partial charge in [-0.1, -0.05) is 12.1 Å². The molecule has 1 aliphatic rings. The third-order valence-corrected chi connectivity index (χ3v) is 5.88. The molecule has 2 aromatic heterocycles. The first-order valence-electron chi connectivity index (χ1n) is 10.6. The van der Waals surface area contributed by atoms with Crippen molar-refractivity contribution in [2.75, 3.05) is 24.5 Å². The number of anilines is 1. The number of carbonyl (C=O) groups excluding carboxylic acids is 1. The summed E-state index contributed by atoms with van der Waals surface area (Å²) < 4.78 is 27.1. The Morgan fingerprint density at radius 2 is 1.73 bits per heavy atom. The van der Waals surface area contributed by atoms with E-state index in [0.717, 1.165) is 12.1 Å². The number of hydrogen-bond acceptors (Lipinski definition) is 6. The van der Waals surface area contributed by atoms with Gasteiger partial charge >= 0.3 is 0 Å². The topological polar surface area (TPSA) is 80.0 Å². The van der Waals surface area contributed by atoms with Crippen LogP contribution in [0.2, 0.25) is 0 Å². The average molecular weight is 449 g/mol. The van der Waals surface area contributed by atoms with Crippen molar-refractivity contribution in [3.8, 4) is 5.69 Å². The Labute approximate surface area is 188 Å². The molecule has 33 heavy (non-hydrogen) atoms. The van der Waals surface area contributed by atoms with Crippen LogP contribution in [0, 0.1) is 11.6 Å². The van der Waals surface area contributed by atoms with Crippen molar-refractivity contribution in [3.63, 3.8) is 0 Å². The van der Waals surface area contributed by atoms with Crippen LogP contribution in [-0.4, -0.2) is 61.4 Å². The number of para-hydroxylation sites is 1. The van der Waals surface area contributed by atoms with Crippen molar-refractivity contribution in [1.82, 2.24) is 29.9 Å². The van der Waals surface area contributed by atoms with Crippen LogP contribution in [0.15, 0.2) is 55.0 Å². The van der Waals surface area contributed by atoms with Crippen LogP contribution in [0.5, 0.6) is 0 Å². The highest BCUT2D eigenvalue weighted by atomic mass is 19.2. The third kappa shape index (κ3) is 3.99. The van der Waals surface area contributed by atoms with Crippen LogP contribution in [0.25, 0.3) is 16.7 Å². The van der Waals surface area contributed by atoms with Crippen LogP contribution in [0.3, 0.4) is 0 Å². The standard InChI is InChI=1S/C23H21F2N7O/c1-15-6-9-30(22-14-26-19-12-17(24)18(25)13-20(19)29-22)10-11-31(15)23(33)16-4-2-3-5-21(16)32-27-7-8-28-32/h2-5,7-8,12-15H,6,9-11H2,1H3/t15-/m1/s1. The highest BCUT2D eigenvalue weighted by Crippen LogP contribution is 2.23. The molecule has 0 unspecified atom stereocenters. The van der Waals surface area contributed by atoms with Crippen molar-refractivity contribution >= 4 is 22.8 Å². The van der Waals surface area contributed by atoms with Gasteiger partial charge in [0.2, 0.25) is 0 Å². The number of fused-ring (bicyclic) bond motifs is 1. The van der Waals surface area contributed by atoms with Gasteiger partial charge in [-0.05, 0) is 25.5 Å². The van der Waals surface area contributed by atoms with Crippen molar-refractivity contribution in [2.45, 2.75) is 19.4 Å².